The second-order valence-electron chi connectivity index (χ2n) is 4.90. The topological polar surface area (TPSA) is 46.2 Å². The fourth-order valence-corrected chi connectivity index (χ4v) is 4.54. The minimum atomic E-state index is -2.97. The number of nitrogens with one attached hydrogen (secondary N) is 1. The minimum absolute atomic E-state index is 0.307. The zero-order chi connectivity index (χ0) is 9.22. The molecule has 0 aromatic rings. The van der Waals surface area contributed by atoms with Crippen LogP contribution in [0.5, 0.6) is 0 Å². The molecule has 0 aromatic heterocycles. The van der Waals surface area contributed by atoms with Gasteiger partial charge in [0.2, 0.25) is 10.0 Å². The molecule has 0 spiro atoms. The quantitative estimate of drug-likeness (QED) is 0.710. The van der Waals surface area contributed by atoms with E-state index in [1.165, 1.54) is 25.5 Å². The van der Waals surface area contributed by atoms with Crippen molar-refractivity contribution in [2.45, 2.75) is 25.3 Å². The maximum absolute atomic E-state index is 11.0. The summed E-state index contributed by atoms with van der Waals surface area (Å²) in [6, 6.07) is 0.307. The zero-order valence-corrected chi connectivity index (χ0v) is 8.55. The van der Waals surface area contributed by atoms with Gasteiger partial charge in [-0.2, -0.15) is 0 Å². The van der Waals surface area contributed by atoms with Crippen LogP contribution in [-0.2, 0) is 10.0 Å². The summed E-state index contributed by atoms with van der Waals surface area (Å²) < 4.78 is 24.8. The summed E-state index contributed by atoms with van der Waals surface area (Å²) in [6.07, 6.45) is 5.32. The first-order valence-electron chi connectivity index (χ1n) is 5.03. The van der Waals surface area contributed by atoms with E-state index in [1.807, 2.05) is 0 Å². The Kier molecular flexibility index (Phi) is 1.45. The highest BCUT2D eigenvalue weighted by molar-refractivity contribution is 7.88. The second-order valence-corrected chi connectivity index (χ2v) is 6.68. The molecule has 3 rings (SSSR count). The number of sulfonamides is 1. The highest BCUT2D eigenvalue weighted by Crippen LogP contribution is 2.65. The Morgan fingerprint density at radius 2 is 1.69 bits per heavy atom. The van der Waals surface area contributed by atoms with Gasteiger partial charge < -0.3 is 0 Å². The summed E-state index contributed by atoms with van der Waals surface area (Å²) in [5, 5.41) is 0. The predicted octanol–water partition coefficient (Wildman–Crippen LogP) is 0.580. The van der Waals surface area contributed by atoms with Gasteiger partial charge in [0.05, 0.1) is 6.26 Å². The fraction of sp³-hybridized carbons (Fsp3) is 1.00. The van der Waals surface area contributed by atoms with Crippen LogP contribution in [0.4, 0.5) is 0 Å². The average Bonchev–Trinajstić information content (AvgIpc) is 2.41. The lowest BCUT2D eigenvalue weighted by Crippen LogP contribution is -2.28. The summed E-state index contributed by atoms with van der Waals surface area (Å²) in [5.74, 6) is 3.09. The first-order valence-corrected chi connectivity index (χ1v) is 6.93. The van der Waals surface area contributed by atoms with Crippen LogP contribution in [0.15, 0.2) is 0 Å². The largest absolute Gasteiger partial charge is 0.213 e. The molecular weight excluding hydrogens is 186 g/mol. The molecule has 3 aliphatic carbocycles. The Morgan fingerprint density at radius 1 is 1.15 bits per heavy atom. The Balaban J connectivity index is 1.73. The molecule has 1 N–H and O–H groups in total. The van der Waals surface area contributed by atoms with E-state index in [9.17, 15) is 8.42 Å². The van der Waals surface area contributed by atoms with Crippen LogP contribution in [-0.4, -0.2) is 20.7 Å². The van der Waals surface area contributed by atoms with E-state index >= 15 is 0 Å². The summed E-state index contributed by atoms with van der Waals surface area (Å²) in [6.45, 7) is 0. The van der Waals surface area contributed by atoms with E-state index in [4.69, 9.17) is 0 Å². The van der Waals surface area contributed by atoms with Crippen LogP contribution in [0.3, 0.4) is 0 Å². The van der Waals surface area contributed by atoms with Crippen molar-refractivity contribution in [3.8, 4) is 0 Å². The lowest BCUT2D eigenvalue weighted by atomic mass is 10.0. The Morgan fingerprint density at radius 3 is 2.15 bits per heavy atom. The molecule has 3 saturated carbocycles. The molecule has 13 heavy (non-hydrogen) atoms. The lowest BCUT2D eigenvalue weighted by Gasteiger charge is -2.08. The van der Waals surface area contributed by atoms with Gasteiger partial charge in [0.1, 0.15) is 0 Å². The zero-order valence-electron chi connectivity index (χ0n) is 7.73. The Hall–Kier alpha value is -0.0900. The number of hydrogen-bond acceptors (Lipinski definition) is 2. The van der Waals surface area contributed by atoms with E-state index in [2.05, 4.69) is 4.72 Å². The highest BCUT2D eigenvalue weighted by atomic mass is 32.2. The SMILES string of the molecule is CS(=O)(=O)NC1C2C3CCC(C3)C12. The molecule has 0 saturated heterocycles. The van der Waals surface area contributed by atoms with Crippen molar-refractivity contribution >= 4 is 10.0 Å². The normalized spacial score (nSPS) is 52.2. The van der Waals surface area contributed by atoms with Crippen LogP contribution >= 0.6 is 0 Å². The maximum Gasteiger partial charge on any atom is 0.208 e. The standard InChI is InChI=1S/C9H15NO2S/c1-13(11,12)10-9-7-5-2-3-6(4-5)8(7)9/h5-10H,2-4H2,1H3. The first-order chi connectivity index (χ1) is 6.06. The summed E-state index contributed by atoms with van der Waals surface area (Å²) in [4.78, 5) is 0. The first kappa shape index (κ1) is 8.24. The van der Waals surface area contributed by atoms with Gasteiger partial charge in [-0.25, -0.2) is 13.1 Å². The summed E-state index contributed by atoms with van der Waals surface area (Å²) in [5.41, 5.74) is 0. The third-order valence-electron chi connectivity index (χ3n) is 4.09. The van der Waals surface area contributed by atoms with Gasteiger partial charge in [0.15, 0.2) is 0 Å². The molecule has 4 heteroatoms. The van der Waals surface area contributed by atoms with Crippen molar-refractivity contribution in [3.05, 3.63) is 0 Å². The molecule has 0 amide bonds. The number of fused-ring (bicyclic) bond motifs is 5. The van der Waals surface area contributed by atoms with E-state index in [-0.39, 0.29) is 0 Å². The van der Waals surface area contributed by atoms with Gasteiger partial charge >= 0.3 is 0 Å². The van der Waals surface area contributed by atoms with E-state index in [0.29, 0.717) is 17.9 Å². The van der Waals surface area contributed by atoms with Crippen LogP contribution in [0.2, 0.25) is 0 Å². The molecule has 0 aliphatic heterocycles. The van der Waals surface area contributed by atoms with Gasteiger partial charge in [-0.05, 0) is 42.9 Å². The molecule has 3 nitrogen and oxygen atoms in total. The molecule has 3 aliphatic rings. The molecule has 0 radical (unpaired) electrons. The van der Waals surface area contributed by atoms with Crippen molar-refractivity contribution in [2.24, 2.45) is 23.7 Å². The highest BCUT2D eigenvalue weighted by Gasteiger charge is 2.65. The monoisotopic (exact) mass is 201 g/mol. The average molecular weight is 201 g/mol. The van der Waals surface area contributed by atoms with Crippen molar-refractivity contribution in [1.29, 1.82) is 0 Å². The third kappa shape index (κ3) is 1.15. The van der Waals surface area contributed by atoms with E-state index < -0.39 is 10.0 Å². The van der Waals surface area contributed by atoms with Gasteiger partial charge in [0.25, 0.3) is 0 Å². The van der Waals surface area contributed by atoms with Crippen molar-refractivity contribution in [3.63, 3.8) is 0 Å². The maximum atomic E-state index is 11.0. The minimum Gasteiger partial charge on any atom is -0.213 e. The lowest BCUT2D eigenvalue weighted by molar-refractivity contribution is 0.456. The van der Waals surface area contributed by atoms with Crippen molar-refractivity contribution < 1.29 is 8.42 Å². The molecule has 74 valence electrons. The van der Waals surface area contributed by atoms with Crippen LogP contribution in [0.1, 0.15) is 19.3 Å². The Bertz CT molecular complexity index is 322. The third-order valence-corrected chi connectivity index (χ3v) is 4.79. The predicted molar refractivity (Wildman–Crippen MR) is 49.6 cm³/mol. The van der Waals surface area contributed by atoms with Gasteiger partial charge in [-0.15, -0.1) is 0 Å². The Labute approximate surface area is 79.0 Å². The van der Waals surface area contributed by atoms with E-state index in [1.54, 1.807) is 0 Å². The molecule has 2 bridgehead atoms. The molecular formula is C9H15NO2S. The molecule has 4 unspecified atom stereocenters. The second kappa shape index (κ2) is 2.28. The molecule has 3 fully saturated rings. The smallest absolute Gasteiger partial charge is 0.208 e. The summed E-state index contributed by atoms with van der Waals surface area (Å²) >= 11 is 0. The van der Waals surface area contributed by atoms with Crippen LogP contribution in [0.25, 0.3) is 0 Å². The van der Waals surface area contributed by atoms with Crippen LogP contribution < -0.4 is 4.72 Å². The van der Waals surface area contributed by atoms with Crippen molar-refractivity contribution in [2.75, 3.05) is 6.26 Å². The number of hydrogen-bond donors (Lipinski definition) is 1. The van der Waals surface area contributed by atoms with Gasteiger partial charge in [0, 0.05) is 6.04 Å². The molecule has 0 aromatic carbocycles. The number of rotatable bonds is 2. The fourth-order valence-electron chi connectivity index (χ4n) is 3.73. The van der Waals surface area contributed by atoms with Gasteiger partial charge in [-0.3, -0.25) is 0 Å². The molecule has 0 heterocycles. The van der Waals surface area contributed by atoms with Crippen molar-refractivity contribution in [1.82, 2.24) is 4.72 Å². The van der Waals surface area contributed by atoms with Crippen LogP contribution in [0, 0.1) is 23.7 Å². The molecule has 4 atom stereocenters. The van der Waals surface area contributed by atoms with E-state index in [0.717, 1.165) is 11.8 Å². The summed E-state index contributed by atoms with van der Waals surface area (Å²) in [7, 11) is -2.97. The van der Waals surface area contributed by atoms with Gasteiger partial charge in [-0.1, -0.05) is 0 Å².